The van der Waals surface area contributed by atoms with Crippen LogP contribution in [0.25, 0.3) is 11.0 Å². The maximum atomic E-state index is 12.6. The first-order chi connectivity index (χ1) is 12.8. The van der Waals surface area contributed by atoms with Crippen molar-refractivity contribution in [3.05, 3.63) is 41.7 Å². The number of pyridine rings is 1. The molecule has 0 radical (unpaired) electrons. The standard InChI is InChI=1S/C17H16F3N3O3S/c1-10-14(21-6-5-15(10)25-2)8-27(24)16-22-12-4-3-11(7-13(12)23-16)26-9-17(18,19)20/h3-7H,8-9H2,1-2H3,(H,22,23). The van der Waals surface area contributed by atoms with E-state index in [-0.39, 0.29) is 16.7 Å². The molecule has 0 spiro atoms. The minimum Gasteiger partial charge on any atom is -0.609 e. The fourth-order valence-corrected chi connectivity index (χ4v) is 3.54. The van der Waals surface area contributed by atoms with Crippen LogP contribution in [0.2, 0.25) is 0 Å². The van der Waals surface area contributed by atoms with Gasteiger partial charge in [0.25, 0.3) is 0 Å². The molecule has 3 rings (SSSR count). The molecular weight excluding hydrogens is 383 g/mol. The monoisotopic (exact) mass is 399 g/mol. The summed E-state index contributed by atoms with van der Waals surface area (Å²) in [7, 11) is 1.54. The normalized spacial score (nSPS) is 13.0. The zero-order valence-corrected chi connectivity index (χ0v) is 15.3. The van der Waals surface area contributed by atoms with E-state index < -0.39 is 24.0 Å². The van der Waals surface area contributed by atoms with E-state index in [2.05, 4.69) is 15.0 Å². The van der Waals surface area contributed by atoms with E-state index in [1.807, 2.05) is 6.92 Å². The quantitative estimate of drug-likeness (QED) is 0.641. The van der Waals surface area contributed by atoms with Gasteiger partial charge in [-0.2, -0.15) is 18.2 Å². The number of alkyl halides is 3. The minimum atomic E-state index is -4.42. The summed E-state index contributed by atoms with van der Waals surface area (Å²) in [5, 5.41) is 0.210. The number of H-pyrrole nitrogens is 1. The number of nitrogens with zero attached hydrogens (tertiary/aromatic N) is 2. The van der Waals surface area contributed by atoms with Gasteiger partial charge in [-0.05, 0) is 25.1 Å². The molecule has 0 saturated heterocycles. The Bertz CT molecular complexity index is 946. The Morgan fingerprint density at radius 1 is 1.26 bits per heavy atom. The number of halogens is 3. The second-order valence-electron chi connectivity index (χ2n) is 5.70. The molecule has 1 unspecified atom stereocenters. The molecule has 6 nitrogen and oxygen atoms in total. The van der Waals surface area contributed by atoms with Crippen LogP contribution in [0.1, 0.15) is 11.3 Å². The molecule has 0 bridgehead atoms. The summed E-state index contributed by atoms with van der Waals surface area (Å²) < 4.78 is 59.3. The van der Waals surface area contributed by atoms with Crippen molar-refractivity contribution in [2.75, 3.05) is 13.7 Å². The Labute approximate surface area is 155 Å². The van der Waals surface area contributed by atoms with Crippen molar-refractivity contribution in [1.82, 2.24) is 15.0 Å². The van der Waals surface area contributed by atoms with Crippen molar-refractivity contribution in [2.45, 2.75) is 24.0 Å². The molecule has 0 saturated carbocycles. The van der Waals surface area contributed by atoms with Gasteiger partial charge in [-0.25, -0.2) is 0 Å². The predicted molar refractivity (Wildman–Crippen MR) is 93.3 cm³/mol. The third-order valence-electron chi connectivity index (χ3n) is 3.80. The smallest absolute Gasteiger partial charge is 0.422 e. The molecule has 3 aromatic rings. The Morgan fingerprint density at radius 2 is 2.04 bits per heavy atom. The van der Waals surface area contributed by atoms with Crippen molar-refractivity contribution >= 4 is 22.2 Å². The lowest BCUT2D eigenvalue weighted by molar-refractivity contribution is -0.153. The summed E-state index contributed by atoms with van der Waals surface area (Å²) in [5.41, 5.74) is 2.32. The van der Waals surface area contributed by atoms with E-state index in [1.165, 1.54) is 18.2 Å². The highest BCUT2D eigenvalue weighted by Crippen LogP contribution is 2.26. The molecular formula is C17H16F3N3O3S. The van der Waals surface area contributed by atoms with Gasteiger partial charge in [0.1, 0.15) is 11.5 Å². The lowest BCUT2D eigenvalue weighted by Gasteiger charge is -2.10. The highest BCUT2D eigenvalue weighted by molar-refractivity contribution is 7.90. The fraction of sp³-hybridized carbons (Fsp3) is 0.294. The first-order valence-corrected chi connectivity index (χ1v) is 9.15. The highest BCUT2D eigenvalue weighted by atomic mass is 32.2. The summed E-state index contributed by atoms with van der Waals surface area (Å²) >= 11 is -1.52. The topological polar surface area (TPSA) is 83.1 Å². The summed E-state index contributed by atoms with van der Waals surface area (Å²) in [5.74, 6) is 0.808. The van der Waals surface area contributed by atoms with Gasteiger partial charge in [-0.3, -0.25) is 9.97 Å². The van der Waals surface area contributed by atoms with Gasteiger partial charge in [-0.15, -0.1) is 0 Å². The van der Waals surface area contributed by atoms with E-state index in [9.17, 15) is 17.7 Å². The third-order valence-corrected chi connectivity index (χ3v) is 4.96. The molecule has 2 heterocycles. The number of imidazole rings is 1. The van der Waals surface area contributed by atoms with Gasteiger partial charge >= 0.3 is 11.3 Å². The number of benzene rings is 1. The summed E-state index contributed by atoms with van der Waals surface area (Å²) in [6, 6.07) is 6.01. The van der Waals surface area contributed by atoms with Crippen LogP contribution in [0.15, 0.2) is 35.6 Å². The largest absolute Gasteiger partial charge is 0.609 e. The number of hydrogen-bond donors (Lipinski definition) is 1. The first kappa shape index (κ1) is 19.3. The van der Waals surface area contributed by atoms with Crippen LogP contribution in [0, 0.1) is 6.92 Å². The van der Waals surface area contributed by atoms with Gasteiger partial charge in [0, 0.05) is 29.0 Å². The molecule has 0 aliphatic carbocycles. The Morgan fingerprint density at radius 3 is 2.74 bits per heavy atom. The summed E-state index contributed by atoms with van der Waals surface area (Å²) in [4.78, 5) is 11.4. The Hall–Kier alpha value is -2.46. The number of rotatable bonds is 6. The second-order valence-corrected chi connectivity index (χ2v) is 7.07. The van der Waals surface area contributed by atoms with Gasteiger partial charge in [0.05, 0.1) is 23.8 Å². The average Bonchev–Trinajstić information content (AvgIpc) is 3.04. The van der Waals surface area contributed by atoms with Gasteiger partial charge < -0.3 is 14.0 Å². The van der Waals surface area contributed by atoms with Crippen molar-refractivity contribution in [2.24, 2.45) is 0 Å². The fourth-order valence-electron chi connectivity index (χ4n) is 2.44. The molecule has 144 valence electrons. The molecule has 0 fully saturated rings. The number of ether oxygens (including phenoxy) is 2. The van der Waals surface area contributed by atoms with Crippen molar-refractivity contribution in [3.8, 4) is 11.5 Å². The number of methoxy groups -OCH3 is 1. The molecule has 0 aliphatic heterocycles. The Balaban J connectivity index is 1.78. The molecule has 10 heteroatoms. The molecule has 2 aromatic heterocycles. The van der Waals surface area contributed by atoms with E-state index in [0.29, 0.717) is 22.5 Å². The predicted octanol–water partition coefficient (Wildman–Crippen LogP) is 3.52. The SMILES string of the molecule is COc1ccnc(C[S+]([O-])c2nc3cc(OCC(F)(F)F)ccc3[nH]2)c1C. The maximum Gasteiger partial charge on any atom is 0.422 e. The highest BCUT2D eigenvalue weighted by Gasteiger charge is 2.28. The van der Waals surface area contributed by atoms with Crippen molar-refractivity contribution in [3.63, 3.8) is 0 Å². The maximum absolute atomic E-state index is 12.6. The zero-order chi connectivity index (χ0) is 19.6. The number of aromatic nitrogens is 3. The molecule has 1 N–H and O–H groups in total. The van der Waals surface area contributed by atoms with Crippen LogP contribution in [-0.4, -0.2) is 39.4 Å². The average molecular weight is 399 g/mol. The van der Waals surface area contributed by atoms with Crippen LogP contribution < -0.4 is 9.47 Å². The van der Waals surface area contributed by atoms with Crippen molar-refractivity contribution < 1.29 is 27.2 Å². The van der Waals surface area contributed by atoms with Crippen LogP contribution in [-0.2, 0) is 16.9 Å². The van der Waals surface area contributed by atoms with Crippen LogP contribution in [0.3, 0.4) is 0 Å². The molecule has 27 heavy (non-hydrogen) atoms. The van der Waals surface area contributed by atoms with Crippen LogP contribution >= 0.6 is 0 Å². The number of nitrogens with one attached hydrogen (secondary N) is 1. The van der Waals surface area contributed by atoms with E-state index in [1.54, 1.807) is 19.4 Å². The number of aromatic amines is 1. The molecule has 0 aliphatic rings. The first-order valence-electron chi connectivity index (χ1n) is 7.83. The van der Waals surface area contributed by atoms with Gasteiger partial charge in [0.2, 0.25) is 0 Å². The third kappa shape index (κ3) is 4.64. The van der Waals surface area contributed by atoms with Crippen molar-refractivity contribution in [1.29, 1.82) is 0 Å². The zero-order valence-electron chi connectivity index (χ0n) is 14.5. The van der Waals surface area contributed by atoms with E-state index >= 15 is 0 Å². The lowest BCUT2D eigenvalue weighted by atomic mass is 10.2. The number of fused-ring (bicyclic) bond motifs is 1. The minimum absolute atomic E-state index is 0.0361. The number of hydrogen-bond acceptors (Lipinski definition) is 5. The van der Waals surface area contributed by atoms with Gasteiger partial charge in [0.15, 0.2) is 12.4 Å². The second kappa shape index (κ2) is 7.65. The van der Waals surface area contributed by atoms with Crippen LogP contribution in [0.5, 0.6) is 11.5 Å². The molecule has 1 aromatic carbocycles. The Kier molecular flexibility index (Phi) is 5.47. The lowest BCUT2D eigenvalue weighted by Crippen LogP contribution is -2.19. The van der Waals surface area contributed by atoms with Gasteiger partial charge in [-0.1, -0.05) is 0 Å². The summed E-state index contributed by atoms with van der Waals surface area (Å²) in [6.07, 6.45) is -2.85. The van der Waals surface area contributed by atoms with E-state index in [4.69, 9.17) is 9.47 Å². The molecule has 1 atom stereocenters. The molecule has 0 amide bonds. The van der Waals surface area contributed by atoms with E-state index in [0.717, 1.165) is 5.56 Å². The summed E-state index contributed by atoms with van der Waals surface area (Å²) in [6.45, 7) is 0.434. The van der Waals surface area contributed by atoms with Crippen LogP contribution in [0.4, 0.5) is 13.2 Å².